The Balaban J connectivity index is 4.60. The number of amides is 1. The molecule has 0 rings (SSSR count). The number of carbonyl (C=O) groups is 2. The summed E-state index contributed by atoms with van der Waals surface area (Å²) >= 11 is 0. The minimum absolute atomic E-state index is 0.265. The van der Waals surface area contributed by atoms with Crippen LogP contribution in [0.25, 0.3) is 0 Å². The molecule has 20 heavy (non-hydrogen) atoms. The van der Waals surface area contributed by atoms with Crippen molar-refractivity contribution >= 4 is 11.9 Å². The van der Waals surface area contributed by atoms with Crippen molar-refractivity contribution in [1.82, 2.24) is 5.32 Å². The maximum Gasteiger partial charge on any atom is 0.328 e. The lowest BCUT2D eigenvalue weighted by molar-refractivity contribution is -0.149. The van der Waals surface area contributed by atoms with Crippen molar-refractivity contribution in [2.75, 3.05) is 13.7 Å². The van der Waals surface area contributed by atoms with Gasteiger partial charge in [-0.1, -0.05) is 13.8 Å². The lowest BCUT2D eigenvalue weighted by Gasteiger charge is -2.24. The maximum atomic E-state index is 11.7. The summed E-state index contributed by atoms with van der Waals surface area (Å²) in [4.78, 5) is 23.2. The van der Waals surface area contributed by atoms with Gasteiger partial charge in [-0.25, -0.2) is 4.79 Å². The minimum atomic E-state index is -1.82. The number of esters is 1. The summed E-state index contributed by atoms with van der Waals surface area (Å²) in [5, 5.41) is 39.2. The highest BCUT2D eigenvalue weighted by Gasteiger charge is 2.31. The molecule has 0 radical (unpaired) electrons. The first-order chi connectivity index (χ1) is 9.24. The van der Waals surface area contributed by atoms with E-state index in [1.54, 1.807) is 13.8 Å². The van der Waals surface area contributed by atoms with Crippen LogP contribution in [-0.2, 0) is 14.3 Å². The lowest BCUT2D eigenvalue weighted by atomic mass is 10.0. The molecule has 0 fully saturated rings. The van der Waals surface area contributed by atoms with E-state index in [-0.39, 0.29) is 12.3 Å². The van der Waals surface area contributed by atoms with Crippen molar-refractivity contribution < 1.29 is 34.8 Å². The van der Waals surface area contributed by atoms with Crippen molar-refractivity contribution in [3.05, 3.63) is 0 Å². The summed E-state index contributed by atoms with van der Waals surface area (Å²) in [5.41, 5.74) is 0. The molecule has 0 saturated heterocycles. The summed E-state index contributed by atoms with van der Waals surface area (Å²) in [5.74, 6) is -1.88. The fourth-order valence-electron chi connectivity index (χ4n) is 1.52. The summed E-state index contributed by atoms with van der Waals surface area (Å²) in [6, 6.07) is -0.947. The van der Waals surface area contributed by atoms with Gasteiger partial charge < -0.3 is 30.5 Å². The number of aliphatic hydroxyl groups is 4. The molecule has 8 heteroatoms. The van der Waals surface area contributed by atoms with Crippen LogP contribution in [0.15, 0.2) is 0 Å². The van der Waals surface area contributed by atoms with Crippen LogP contribution in [0.4, 0.5) is 0 Å². The topological polar surface area (TPSA) is 136 Å². The van der Waals surface area contributed by atoms with Gasteiger partial charge in [0.15, 0.2) is 6.10 Å². The Bertz CT molecular complexity index is 321. The number of hydrogen-bond acceptors (Lipinski definition) is 7. The molecular weight excluding hydrogens is 270 g/mol. The molecule has 8 nitrogen and oxygen atoms in total. The number of rotatable bonds is 8. The Labute approximate surface area is 117 Å². The highest BCUT2D eigenvalue weighted by atomic mass is 16.5. The second kappa shape index (κ2) is 8.85. The average Bonchev–Trinajstić information content (AvgIpc) is 2.41. The third-order valence-corrected chi connectivity index (χ3v) is 2.78. The number of carbonyl (C=O) groups excluding carboxylic acids is 2. The van der Waals surface area contributed by atoms with Crippen molar-refractivity contribution in [2.45, 2.75) is 44.6 Å². The fraction of sp³-hybridized carbons (Fsp3) is 0.833. The second-order valence-electron chi connectivity index (χ2n) is 4.84. The normalized spacial score (nSPS) is 17.2. The van der Waals surface area contributed by atoms with Crippen LogP contribution in [0, 0.1) is 5.92 Å². The summed E-state index contributed by atoms with van der Waals surface area (Å²) in [6.07, 6.45) is -4.98. The van der Waals surface area contributed by atoms with E-state index in [2.05, 4.69) is 10.1 Å². The van der Waals surface area contributed by atoms with E-state index >= 15 is 0 Å². The molecule has 1 unspecified atom stereocenters. The number of hydrogen-bond donors (Lipinski definition) is 5. The number of aliphatic hydroxyl groups excluding tert-OH is 4. The van der Waals surface area contributed by atoms with Crippen LogP contribution in [-0.4, -0.2) is 70.4 Å². The molecule has 0 spiro atoms. The Kier molecular flexibility index (Phi) is 8.31. The van der Waals surface area contributed by atoms with Crippen LogP contribution in [0.5, 0.6) is 0 Å². The van der Waals surface area contributed by atoms with Crippen molar-refractivity contribution in [2.24, 2.45) is 5.92 Å². The van der Waals surface area contributed by atoms with Gasteiger partial charge in [-0.05, 0) is 5.92 Å². The zero-order valence-corrected chi connectivity index (χ0v) is 11.8. The van der Waals surface area contributed by atoms with Gasteiger partial charge in [-0.2, -0.15) is 0 Å². The van der Waals surface area contributed by atoms with E-state index < -0.39 is 42.8 Å². The Morgan fingerprint density at radius 2 is 1.75 bits per heavy atom. The van der Waals surface area contributed by atoms with Crippen LogP contribution < -0.4 is 5.32 Å². The Hall–Kier alpha value is -1.22. The molecule has 0 aliphatic heterocycles. The number of methoxy groups -OCH3 is 1. The van der Waals surface area contributed by atoms with Gasteiger partial charge in [0.2, 0.25) is 0 Å². The molecule has 0 bridgehead atoms. The predicted octanol–water partition coefficient (Wildman–Crippen LogP) is -2.23. The number of ether oxygens (including phenoxy) is 1. The quantitative estimate of drug-likeness (QED) is 0.319. The first-order valence-electron chi connectivity index (χ1n) is 6.27. The van der Waals surface area contributed by atoms with Crippen LogP contribution >= 0.6 is 0 Å². The molecule has 5 N–H and O–H groups in total. The SMILES string of the molecule is COC(=O)C(NC(=O)[C@H](O)[C@@H](O)C[C@H](O)CO)C(C)C. The average molecular weight is 293 g/mol. The molecule has 4 atom stereocenters. The molecule has 0 aromatic carbocycles. The Morgan fingerprint density at radius 3 is 2.15 bits per heavy atom. The zero-order valence-electron chi connectivity index (χ0n) is 11.8. The smallest absolute Gasteiger partial charge is 0.328 e. The Morgan fingerprint density at radius 1 is 1.20 bits per heavy atom. The summed E-state index contributed by atoms with van der Waals surface area (Å²) in [7, 11) is 1.17. The highest BCUT2D eigenvalue weighted by Crippen LogP contribution is 2.07. The standard InChI is InChI=1S/C12H23NO7/c1-6(2)9(12(19)20-3)13-11(18)10(17)8(16)4-7(15)5-14/h6-10,14-17H,4-5H2,1-3H3,(H,13,18)/t7-,8-,9?,10+/m0/s1. The molecule has 0 aliphatic carbocycles. The van der Waals surface area contributed by atoms with Gasteiger partial charge in [0.25, 0.3) is 5.91 Å². The summed E-state index contributed by atoms with van der Waals surface area (Å²) in [6.45, 7) is 2.77. The van der Waals surface area contributed by atoms with E-state index in [0.29, 0.717) is 0 Å². The highest BCUT2D eigenvalue weighted by molar-refractivity contribution is 5.87. The minimum Gasteiger partial charge on any atom is -0.467 e. The first kappa shape index (κ1) is 18.8. The molecule has 0 saturated carbocycles. The van der Waals surface area contributed by atoms with Crippen molar-refractivity contribution in [1.29, 1.82) is 0 Å². The lowest BCUT2D eigenvalue weighted by Crippen LogP contribution is -2.51. The van der Waals surface area contributed by atoms with E-state index in [0.717, 1.165) is 0 Å². The maximum absolute atomic E-state index is 11.7. The molecular formula is C12H23NO7. The predicted molar refractivity (Wildman–Crippen MR) is 68.5 cm³/mol. The number of nitrogens with one attached hydrogen (secondary N) is 1. The molecule has 0 heterocycles. The van der Waals surface area contributed by atoms with Gasteiger partial charge in [0.05, 0.1) is 25.9 Å². The molecule has 118 valence electrons. The van der Waals surface area contributed by atoms with Crippen LogP contribution in [0.3, 0.4) is 0 Å². The van der Waals surface area contributed by atoms with E-state index in [4.69, 9.17) is 10.2 Å². The van der Waals surface area contributed by atoms with Crippen molar-refractivity contribution in [3.63, 3.8) is 0 Å². The molecule has 1 amide bonds. The summed E-state index contributed by atoms with van der Waals surface area (Å²) < 4.78 is 4.53. The molecule has 0 aromatic rings. The third-order valence-electron chi connectivity index (χ3n) is 2.78. The van der Waals surface area contributed by atoms with E-state index in [1.807, 2.05) is 0 Å². The molecule has 0 aromatic heterocycles. The van der Waals surface area contributed by atoms with E-state index in [9.17, 15) is 19.8 Å². The third kappa shape index (κ3) is 5.83. The zero-order chi connectivity index (χ0) is 15.9. The fourth-order valence-corrected chi connectivity index (χ4v) is 1.52. The monoisotopic (exact) mass is 293 g/mol. The van der Waals surface area contributed by atoms with Crippen LogP contribution in [0.1, 0.15) is 20.3 Å². The molecule has 0 aliphatic rings. The van der Waals surface area contributed by atoms with Gasteiger partial charge in [0, 0.05) is 6.42 Å². The van der Waals surface area contributed by atoms with Gasteiger partial charge >= 0.3 is 5.97 Å². The second-order valence-corrected chi connectivity index (χ2v) is 4.84. The largest absolute Gasteiger partial charge is 0.467 e. The van der Waals surface area contributed by atoms with Crippen molar-refractivity contribution in [3.8, 4) is 0 Å². The van der Waals surface area contributed by atoms with Gasteiger partial charge in [-0.15, -0.1) is 0 Å². The van der Waals surface area contributed by atoms with Gasteiger partial charge in [-0.3, -0.25) is 4.79 Å². The first-order valence-corrected chi connectivity index (χ1v) is 6.27. The van der Waals surface area contributed by atoms with E-state index in [1.165, 1.54) is 7.11 Å². The van der Waals surface area contributed by atoms with Gasteiger partial charge in [0.1, 0.15) is 6.04 Å². The van der Waals surface area contributed by atoms with Crippen LogP contribution in [0.2, 0.25) is 0 Å².